The zero-order chi connectivity index (χ0) is 22.3. The van der Waals surface area contributed by atoms with Gasteiger partial charge in [0.2, 0.25) is 17.5 Å². The highest BCUT2D eigenvalue weighted by molar-refractivity contribution is 6.31. The Morgan fingerprint density at radius 2 is 1.91 bits per heavy atom. The maximum absolute atomic E-state index is 13.1. The Bertz CT molecular complexity index is 1120. The van der Waals surface area contributed by atoms with Crippen molar-refractivity contribution in [3.05, 3.63) is 82.1 Å². The van der Waals surface area contributed by atoms with Crippen LogP contribution in [0.3, 0.4) is 0 Å². The summed E-state index contributed by atoms with van der Waals surface area (Å²) in [5.74, 6) is 0.287. The molecule has 0 saturated carbocycles. The highest BCUT2D eigenvalue weighted by Gasteiger charge is 2.25. The van der Waals surface area contributed by atoms with Crippen LogP contribution in [-0.4, -0.2) is 42.7 Å². The molecule has 0 spiro atoms. The summed E-state index contributed by atoms with van der Waals surface area (Å²) in [5, 5.41) is 13.4. The first-order valence-electron chi connectivity index (χ1n) is 10.3. The van der Waals surface area contributed by atoms with E-state index in [4.69, 9.17) is 20.8 Å². The highest BCUT2D eigenvalue weighted by atomic mass is 35.5. The van der Waals surface area contributed by atoms with Crippen molar-refractivity contribution < 1.29 is 13.5 Å². The second kappa shape index (κ2) is 10.4. The minimum atomic E-state index is -0.301. The number of rotatable bonds is 7. The number of nitrogens with one attached hydrogen (secondary N) is 1. The molecule has 32 heavy (non-hydrogen) atoms. The topological polar surface area (TPSA) is 74.3 Å². The van der Waals surface area contributed by atoms with Gasteiger partial charge in [-0.05, 0) is 35.4 Å². The van der Waals surface area contributed by atoms with Crippen LogP contribution in [0.5, 0.6) is 0 Å². The van der Waals surface area contributed by atoms with Crippen LogP contribution in [0.25, 0.3) is 12.2 Å². The Morgan fingerprint density at radius 3 is 2.62 bits per heavy atom. The predicted molar refractivity (Wildman–Crippen MR) is 122 cm³/mol. The van der Waals surface area contributed by atoms with Crippen LogP contribution in [0.1, 0.15) is 28.8 Å². The van der Waals surface area contributed by atoms with Crippen molar-refractivity contribution in [2.75, 3.05) is 38.2 Å². The lowest BCUT2D eigenvalue weighted by Crippen LogP contribution is -2.41. The Labute approximate surface area is 190 Å². The molecule has 0 radical (unpaired) electrons. The number of aromatic nitrogens is 1. The fourth-order valence-electron chi connectivity index (χ4n) is 3.60. The number of oxazole rings is 1. The van der Waals surface area contributed by atoms with Gasteiger partial charge in [-0.15, -0.1) is 0 Å². The van der Waals surface area contributed by atoms with Gasteiger partial charge in [0.15, 0.2) is 0 Å². The second-order valence-electron chi connectivity index (χ2n) is 7.29. The number of anilines is 1. The molecule has 4 rings (SSSR count). The summed E-state index contributed by atoms with van der Waals surface area (Å²) in [6.07, 6.45) is 3.39. The van der Waals surface area contributed by atoms with E-state index in [1.54, 1.807) is 24.3 Å². The van der Waals surface area contributed by atoms with Crippen LogP contribution in [0.4, 0.5) is 10.3 Å². The monoisotopic (exact) mass is 452 g/mol. The normalized spacial score (nSPS) is 15.5. The molecule has 1 aliphatic heterocycles. The predicted octanol–water partition coefficient (Wildman–Crippen LogP) is 4.99. The molecular formula is C24H22ClFN4O2. The molecule has 164 valence electrons. The molecule has 3 aromatic rings. The summed E-state index contributed by atoms with van der Waals surface area (Å²) in [6, 6.07) is 15.8. The first-order valence-corrected chi connectivity index (χ1v) is 10.7. The van der Waals surface area contributed by atoms with Gasteiger partial charge in [0, 0.05) is 30.7 Å². The van der Waals surface area contributed by atoms with Gasteiger partial charge in [0.25, 0.3) is 0 Å². The third-order valence-electron chi connectivity index (χ3n) is 5.24. The average Bonchev–Trinajstić information content (AvgIpc) is 3.23. The number of hydrogen-bond acceptors (Lipinski definition) is 6. The van der Waals surface area contributed by atoms with Crippen molar-refractivity contribution in [3.63, 3.8) is 0 Å². The van der Waals surface area contributed by atoms with Gasteiger partial charge in [-0.2, -0.15) is 10.2 Å². The van der Waals surface area contributed by atoms with E-state index < -0.39 is 0 Å². The first kappa shape index (κ1) is 22.0. The molecule has 0 aliphatic carbocycles. The summed E-state index contributed by atoms with van der Waals surface area (Å²) >= 11 is 6.49. The maximum Gasteiger partial charge on any atom is 0.232 e. The van der Waals surface area contributed by atoms with Crippen LogP contribution >= 0.6 is 11.6 Å². The van der Waals surface area contributed by atoms with Crippen molar-refractivity contribution in [2.24, 2.45) is 0 Å². The molecule has 1 saturated heterocycles. The summed E-state index contributed by atoms with van der Waals surface area (Å²) in [7, 11) is 0. The average molecular weight is 453 g/mol. The molecule has 1 aromatic heterocycles. The van der Waals surface area contributed by atoms with Crippen LogP contribution in [0.2, 0.25) is 5.02 Å². The smallest absolute Gasteiger partial charge is 0.232 e. The minimum Gasteiger partial charge on any atom is -0.420 e. The zero-order valence-electron chi connectivity index (χ0n) is 17.3. The number of nitrogens with zero attached hydrogens (tertiary/aromatic N) is 3. The number of ether oxygens (including phenoxy) is 1. The maximum atomic E-state index is 13.1. The Balaban J connectivity index is 1.52. The molecule has 8 heteroatoms. The lowest BCUT2D eigenvalue weighted by atomic mass is 10.0. The fraction of sp³-hybridized carbons (Fsp3) is 0.250. The van der Waals surface area contributed by atoms with E-state index in [-0.39, 0.29) is 23.4 Å². The van der Waals surface area contributed by atoms with Crippen LogP contribution < -0.4 is 5.32 Å². The Kier molecular flexibility index (Phi) is 7.17. The third-order valence-corrected chi connectivity index (χ3v) is 5.59. The lowest BCUT2D eigenvalue weighted by Gasteiger charge is -2.35. The molecule has 1 unspecified atom stereocenters. The fourth-order valence-corrected chi connectivity index (χ4v) is 3.87. The summed E-state index contributed by atoms with van der Waals surface area (Å²) < 4.78 is 24.3. The van der Waals surface area contributed by atoms with Gasteiger partial charge in [-0.25, -0.2) is 4.39 Å². The van der Waals surface area contributed by atoms with E-state index >= 15 is 0 Å². The van der Waals surface area contributed by atoms with E-state index in [9.17, 15) is 9.65 Å². The van der Waals surface area contributed by atoms with E-state index in [1.807, 2.05) is 24.3 Å². The third kappa shape index (κ3) is 5.35. The minimum absolute atomic E-state index is 0.0255. The van der Waals surface area contributed by atoms with Gasteiger partial charge in [-0.1, -0.05) is 41.9 Å². The van der Waals surface area contributed by atoms with E-state index in [0.29, 0.717) is 30.7 Å². The summed E-state index contributed by atoms with van der Waals surface area (Å²) in [5.41, 5.74) is 1.96. The molecule has 1 N–H and O–H groups in total. The number of nitriles is 1. The first-order chi connectivity index (χ1) is 15.6. The number of halogens is 2. The molecule has 1 aliphatic rings. The summed E-state index contributed by atoms with van der Waals surface area (Å²) in [6.45, 7) is 3.36. The van der Waals surface area contributed by atoms with Crippen molar-refractivity contribution in [1.82, 2.24) is 9.88 Å². The number of benzene rings is 2. The van der Waals surface area contributed by atoms with E-state index in [1.165, 1.54) is 12.1 Å². The van der Waals surface area contributed by atoms with Crippen molar-refractivity contribution in [2.45, 2.75) is 6.04 Å². The van der Waals surface area contributed by atoms with Gasteiger partial charge >= 0.3 is 0 Å². The molecule has 1 fully saturated rings. The number of morpholine rings is 1. The van der Waals surface area contributed by atoms with Gasteiger partial charge in [0.05, 0.1) is 19.3 Å². The molecule has 6 nitrogen and oxygen atoms in total. The Hall–Kier alpha value is -3.18. The van der Waals surface area contributed by atoms with Crippen molar-refractivity contribution in [3.8, 4) is 6.07 Å². The van der Waals surface area contributed by atoms with Crippen molar-refractivity contribution in [1.29, 1.82) is 5.26 Å². The van der Waals surface area contributed by atoms with Gasteiger partial charge < -0.3 is 14.5 Å². The van der Waals surface area contributed by atoms with Crippen LogP contribution in [-0.2, 0) is 4.74 Å². The molecular weight excluding hydrogens is 431 g/mol. The molecule has 1 atom stereocenters. The zero-order valence-corrected chi connectivity index (χ0v) is 18.1. The number of hydrogen-bond donors (Lipinski definition) is 1. The lowest BCUT2D eigenvalue weighted by molar-refractivity contribution is 0.0186. The SMILES string of the molecule is N#Cc1nc(/C=C/c2ccc(F)cc2)oc1NCC(c1ccccc1Cl)N1CCOCC1. The highest BCUT2D eigenvalue weighted by Crippen LogP contribution is 2.29. The summed E-state index contributed by atoms with van der Waals surface area (Å²) in [4.78, 5) is 6.53. The molecule has 2 heterocycles. The molecule has 0 bridgehead atoms. The second-order valence-corrected chi connectivity index (χ2v) is 7.70. The molecule has 0 amide bonds. The molecule has 2 aromatic carbocycles. The van der Waals surface area contributed by atoms with Crippen LogP contribution in [0, 0.1) is 17.1 Å². The van der Waals surface area contributed by atoms with E-state index in [2.05, 4.69) is 21.3 Å². The van der Waals surface area contributed by atoms with E-state index in [0.717, 1.165) is 24.2 Å². The van der Waals surface area contributed by atoms with Crippen molar-refractivity contribution >= 4 is 29.6 Å². The largest absolute Gasteiger partial charge is 0.420 e. The van der Waals surface area contributed by atoms with Gasteiger partial charge in [0.1, 0.15) is 11.9 Å². The quantitative estimate of drug-likeness (QED) is 0.544. The standard InChI is InChI=1S/C24H22ClFN4O2/c25-20-4-2-1-3-19(20)22(30-11-13-31-14-12-30)16-28-24-21(15-27)29-23(32-24)10-7-17-5-8-18(26)9-6-17/h1-10,22,28H,11-14,16H2/b10-7+. The van der Waals surface area contributed by atoms with Gasteiger partial charge in [-0.3, -0.25) is 4.90 Å². The Morgan fingerprint density at radius 1 is 1.16 bits per heavy atom. The van der Waals surface area contributed by atoms with Crippen LogP contribution in [0.15, 0.2) is 52.9 Å².